The Morgan fingerprint density at radius 3 is 1.27 bits per heavy atom. The Morgan fingerprint density at radius 1 is 0.659 bits per heavy atom. The fourth-order valence-corrected chi connectivity index (χ4v) is 5.08. The van der Waals surface area contributed by atoms with Crippen LogP contribution in [0.2, 0.25) is 0 Å². The fourth-order valence-electron chi connectivity index (χ4n) is 4.66. The van der Waals surface area contributed by atoms with E-state index < -0.39 is 56.7 Å². The van der Waals surface area contributed by atoms with Gasteiger partial charge >= 0.3 is 22.5 Å². The topological polar surface area (TPSA) is 131 Å². The molecule has 0 bridgehead atoms. The van der Waals surface area contributed by atoms with E-state index in [0.29, 0.717) is 11.1 Å². The molecule has 2 saturated heterocycles. The summed E-state index contributed by atoms with van der Waals surface area (Å²) in [4.78, 5) is 25.4. The van der Waals surface area contributed by atoms with Crippen molar-refractivity contribution < 1.29 is 41.8 Å². The molecule has 4 rings (SSSR count). The zero-order valence-electron chi connectivity index (χ0n) is 27.2. The lowest BCUT2D eigenvalue weighted by atomic mass is 9.78. The number of carbonyl (C=O) groups is 2. The standard InChI is InChI=1S/C30H41B2N2O9P/c1-19-15-21(31-40-27(3,4)28(5,6)41-31)11-13-23(19)25(35)33-17-38-44(37)39-18-34-26(36)24-14-12-22(16-20(24)2)32-42-29(7,8)30(9,10)43-32/h11-16H,17-18H2,1-10H3,(H-,33,34,35,36)/p+1. The maximum absolute atomic E-state index is 12.7. The van der Waals surface area contributed by atoms with Crippen LogP contribution >= 0.6 is 8.25 Å². The Morgan fingerprint density at radius 2 is 0.977 bits per heavy atom. The van der Waals surface area contributed by atoms with Gasteiger partial charge in [-0.1, -0.05) is 33.3 Å². The summed E-state index contributed by atoms with van der Waals surface area (Å²) in [6.45, 7) is 18.8. The van der Waals surface area contributed by atoms with Gasteiger partial charge in [-0.25, -0.2) is 0 Å². The second kappa shape index (κ2) is 12.6. The number of amides is 2. The van der Waals surface area contributed by atoms with E-state index in [0.717, 1.165) is 22.1 Å². The third-order valence-electron chi connectivity index (χ3n) is 8.85. The molecule has 2 aromatic carbocycles. The van der Waals surface area contributed by atoms with E-state index in [9.17, 15) is 14.2 Å². The molecule has 2 aliphatic heterocycles. The summed E-state index contributed by atoms with van der Waals surface area (Å²) in [5.74, 6) is -0.807. The highest BCUT2D eigenvalue weighted by Gasteiger charge is 2.52. The summed E-state index contributed by atoms with van der Waals surface area (Å²) < 4.78 is 46.7. The molecule has 11 nitrogen and oxygen atoms in total. The maximum atomic E-state index is 12.7. The first-order chi connectivity index (χ1) is 20.3. The first-order valence-electron chi connectivity index (χ1n) is 14.6. The first-order valence-corrected chi connectivity index (χ1v) is 15.6. The van der Waals surface area contributed by atoms with E-state index in [1.807, 2.05) is 81.4 Å². The molecule has 0 unspecified atom stereocenters. The number of hydrogen-bond acceptors (Lipinski definition) is 9. The van der Waals surface area contributed by atoms with Gasteiger partial charge in [0.05, 0.1) is 22.4 Å². The minimum Gasteiger partial charge on any atom is -0.399 e. The summed E-state index contributed by atoms with van der Waals surface area (Å²) in [5, 5.41) is 5.12. The van der Waals surface area contributed by atoms with E-state index in [1.54, 1.807) is 24.3 Å². The fraction of sp³-hybridized carbons (Fsp3) is 0.533. The molecule has 0 atom stereocenters. The van der Waals surface area contributed by atoms with Crippen LogP contribution in [0.1, 0.15) is 87.2 Å². The number of aryl methyl sites for hydroxylation is 2. The Kier molecular flexibility index (Phi) is 9.84. The van der Waals surface area contributed by atoms with Crippen LogP contribution < -0.4 is 21.6 Å². The number of benzene rings is 2. The molecular weight excluding hydrogens is 585 g/mol. The zero-order valence-corrected chi connectivity index (χ0v) is 28.0. The third kappa shape index (κ3) is 7.26. The molecule has 2 amide bonds. The van der Waals surface area contributed by atoms with Crippen LogP contribution in [-0.4, -0.2) is 61.9 Å². The molecule has 236 valence electrons. The third-order valence-corrected chi connectivity index (χ3v) is 9.53. The smallest absolute Gasteiger partial charge is 0.399 e. The van der Waals surface area contributed by atoms with Crippen molar-refractivity contribution >= 4 is 45.2 Å². The molecular formula is C30H42B2N2O9P+. The monoisotopic (exact) mass is 627 g/mol. The summed E-state index contributed by atoms with van der Waals surface area (Å²) >= 11 is 0. The number of nitrogens with one attached hydrogen (secondary N) is 2. The normalized spacial score (nSPS) is 19.6. The average molecular weight is 627 g/mol. The summed E-state index contributed by atoms with van der Waals surface area (Å²) in [5.41, 5.74) is 2.03. The molecule has 44 heavy (non-hydrogen) atoms. The quantitative estimate of drug-likeness (QED) is 0.230. The van der Waals surface area contributed by atoms with Crippen molar-refractivity contribution in [1.29, 1.82) is 0 Å². The van der Waals surface area contributed by atoms with Gasteiger partial charge in [0.25, 0.3) is 11.8 Å². The Hall–Kier alpha value is -2.63. The Balaban J connectivity index is 1.20. The second-order valence-corrected chi connectivity index (χ2v) is 14.1. The van der Waals surface area contributed by atoms with Crippen LogP contribution in [-0.2, 0) is 32.2 Å². The van der Waals surface area contributed by atoms with E-state index in [-0.39, 0.29) is 13.5 Å². The molecule has 0 spiro atoms. The molecule has 2 N–H and O–H groups in total. The Bertz CT molecular complexity index is 1310. The SMILES string of the molecule is Cc1cc(B2OC(C)(C)C(C)(C)O2)ccc1C(=O)NCO[P+](=O)OCNC(=O)c1ccc(B2OC(C)(C)C(C)(C)O2)cc1C. The predicted molar refractivity (Wildman–Crippen MR) is 168 cm³/mol. The highest BCUT2D eigenvalue weighted by Crippen LogP contribution is 2.37. The van der Waals surface area contributed by atoms with E-state index in [4.69, 9.17) is 27.7 Å². The van der Waals surface area contributed by atoms with Gasteiger partial charge in [-0.2, -0.15) is 0 Å². The molecule has 0 saturated carbocycles. The lowest BCUT2D eigenvalue weighted by molar-refractivity contribution is 0.00578. The molecule has 2 aromatic rings. The van der Waals surface area contributed by atoms with Crippen LogP contribution in [0.15, 0.2) is 36.4 Å². The summed E-state index contributed by atoms with van der Waals surface area (Å²) in [6.07, 6.45) is 0. The second-order valence-electron chi connectivity index (χ2n) is 13.1. The van der Waals surface area contributed by atoms with Crippen LogP contribution in [0.3, 0.4) is 0 Å². The Labute approximate surface area is 261 Å². The van der Waals surface area contributed by atoms with Gasteiger partial charge in [0, 0.05) is 15.7 Å². The van der Waals surface area contributed by atoms with Crippen molar-refractivity contribution in [3.63, 3.8) is 0 Å². The van der Waals surface area contributed by atoms with Gasteiger partial charge in [0.2, 0.25) is 0 Å². The van der Waals surface area contributed by atoms with Gasteiger partial charge in [-0.05, 0) is 103 Å². The number of rotatable bonds is 10. The van der Waals surface area contributed by atoms with Crippen LogP contribution in [0.25, 0.3) is 0 Å². The van der Waals surface area contributed by atoms with Crippen LogP contribution in [0.4, 0.5) is 0 Å². The zero-order chi connectivity index (χ0) is 32.7. The minimum atomic E-state index is -2.60. The maximum Gasteiger partial charge on any atom is 0.701 e. The van der Waals surface area contributed by atoms with Crippen molar-refractivity contribution in [2.75, 3.05) is 13.5 Å². The summed E-state index contributed by atoms with van der Waals surface area (Å²) in [6, 6.07) is 10.6. The lowest BCUT2D eigenvalue weighted by Crippen LogP contribution is -2.41. The molecule has 0 radical (unpaired) electrons. The molecule has 14 heteroatoms. The largest absolute Gasteiger partial charge is 0.701 e. The van der Waals surface area contributed by atoms with Gasteiger partial charge in [-0.15, -0.1) is 0 Å². The van der Waals surface area contributed by atoms with Crippen molar-refractivity contribution in [2.24, 2.45) is 0 Å². The predicted octanol–water partition coefficient (Wildman–Crippen LogP) is 3.67. The van der Waals surface area contributed by atoms with Crippen molar-refractivity contribution in [1.82, 2.24) is 10.6 Å². The lowest BCUT2D eigenvalue weighted by Gasteiger charge is -2.32. The first kappa shape index (κ1) is 34.2. The molecule has 2 aliphatic rings. The highest BCUT2D eigenvalue weighted by molar-refractivity contribution is 7.33. The van der Waals surface area contributed by atoms with E-state index in [1.165, 1.54) is 0 Å². The van der Waals surface area contributed by atoms with Gasteiger partial charge in [0.15, 0.2) is 13.5 Å². The minimum absolute atomic E-state index is 0.347. The summed E-state index contributed by atoms with van der Waals surface area (Å²) in [7, 11) is -3.67. The average Bonchev–Trinajstić information content (AvgIpc) is 3.27. The molecule has 2 fully saturated rings. The van der Waals surface area contributed by atoms with Gasteiger partial charge in [-0.3, -0.25) is 9.59 Å². The highest BCUT2D eigenvalue weighted by atomic mass is 31.1. The van der Waals surface area contributed by atoms with Crippen molar-refractivity contribution in [2.45, 2.75) is 91.6 Å². The van der Waals surface area contributed by atoms with Crippen LogP contribution in [0, 0.1) is 13.8 Å². The molecule has 0 aliphatic carbocycles. The molecule has 0 aromatic heterocycles. The van der Waals surface area contributed by atoms with Crippen LogP contribution in [0.5, 0.6) is 0 Å². The van der Waals surface area contributed by atoms with Crippen molar-refractivity contribution in [3.8, 4) is 0 Å². The number of hydrogen-bond donors (Lipinski definition) is 2. The van der Waals surface area contributed by atoms with Gasteiger partial charge in [0.1, 0.15) is 0 Å². The molecule has 2 heterocycles. The van der Waals surface area contributed by atoms with Gasteiger partial charge < -0.3 is 29.3 Å². The van der Waals surface area contributed by atoms with Crippen molar-refractivity contribution in [3.05, 3.63) is 58.7 Å². The number of carbonyl (C=O) groups excluding carboxylic acids is 2. The van der Waals surface area contributed by atoms with E-state index in [2.05, 4.69) is 10.6 Å². The van der Waals surface area contributed by atoms with E-state index >= 15 is 0 Å².